The van der Waals surface area contributed by atoms with Crippen molar-refractivity contribution >= 4 is 11.2 Å². The summed E-state index contributed by atoms with van der Waals surface area (Å²) in [7, 11) is 0. The van der Waals surface area contributed by atoms with Gasteiger partial charge in [0.15, 0.2) is 5.88 Å². The third kappa shape index (κ3) is 3.34. The Labute approximate surface area is 117 Å². The lowest BCUT2D eigenvalue weighted by molar-refractivity contribution is 0.146. The molecule has 108 valence electrons. The molecule has 0 fully saturated rings. The van der Waals surface area contributed by atoms with Gasteiger partial charge in [-0.05, 0) is 36.3 Å². The van der Waals surface area contributed by atoms with Crippen LogP contribution in [0.3, 0.4) is 0 Å². The van der Waals surface area contributed by atoms with E-state index in [9.17, 15) is 17.7 Å². The number of aromatic nitrogens is 2. The zero-order valence-corrected chi connectivity index (χ0v) is 11.5. The predicted molar refractivity (Wildman–Crippen MR) is 71.3 cm³/mol. The molecule has 20 heavy (non-hydrogen) atoms. The summed E-state index contributed by atoms with van der Waals surface area (Å²) in [6, 6.07) is 5.11. The van der Waals surface area contributed by atoms with Crippen LogP contribution in [0.1, 0.15) is 18.9 Å². The highest BCUT2D eigenvalue weighted by molar-refractivity contribution is 7.90. The number of halogens is 3. The van der Waals surface area contributed by atoms with Crippen molar-refractivity contribution in [2.45, 2.75) is 19.2 Å². The van der Waals surface area contributed by atoms with Crippen molar-refractivity contribution in [1.82, 2.24) is 9.78 Å². The molecule has 2 rings (SSSR count). The first kappa shape index (κ1) is 14.9. The van der Waals surface area contributed by atoms with Crippen LogP contribution in [0.15, 0.2) is 30.5 Å². The molecule has 0 aliphatic heterocycles. The number of alkyl halides is 2. The predicted octanol–water partition coefficient (Wildman–Crippen LogP) is 3.35. The highest BCUT2D eigenvalue weighted by Gasteiger charge is 2.15. The van der Waals surface area contributed by atoms with E-state index < -0.39 is 29.0 Å². The standard InChI is InChI=1S/C13H13F3N2OS/c1-2-20(19)8-18-6-5-12(17-18)9-3-4-10(13(15)16)11(14)7-9/h3-7,13H,2,8H2,1H3. The minimum absolute atomic E-state index is 0.258. The van der Waals surface area contributed by atoms with Crippen molar-refractivity contribution in [3.63, 3.8) is 0 Å². The van der Waals surface area contributed by atoms with Gasteiger partial charge in [0, 0.05) is 11.8 Å². The summed E-state index contributed by atoms with van der Waals surface area (Å²) in [5.41, 5.74) is 0.242. The monoisotopic (exact) mass is 302 g/mol. The summed E-state index contributed by atoms with van der Waals surface area (Å²) in [5, 5.41) is 4.15. The maximum atomic E-state index is 13.5. The molecule has 0 saturated carbocycles. The summed E-state index contributed by atoms with van der Waals surface area (Å²) in [5.74, 6) is -0.176. The second-order valence-corrected chi connectivity index (χ2v) is 5.85. The molecule has 7 heteroatoms. The lowest BCUT2D eigenvalue weighted by Crippen LogP contribution is -2.13. The van der Waals surface area contributed by atoms with E-state index in [1.54, 1.807) is 19.2 Å². The van der Waals surface area contributed by atoms with E-state index in [2.05, 4.69) is 5.10 Å². The van der Waals surface area contributed by atoms with Gasteiger partial charge in [-0.25, -0.2) is 17.9 Å². The molecule has 0 amide bonds. The van der Waals surface area contributed by atoms with E-state index in [4.69, 9.17) is 0 Å². The minimum Gasteiger partial charge on any atom is -0.615 e. The van der Waals surface area contributed by atoms with Gasteiger partial charge >= 0.3 is 0 Å². The second kappa shape index (κ2) is 6.32. The summed E-state index contributed by atoms with van der Waals surface area (Å²) in [6.07, 6.45) is -1.21. The molecule has 0 aliphatic carbocycles. The third-order valence-corrected chi connectivity index (χ3v) is 3.97. The average Bonchev–Trinajstić information content (AvgIpc) is 2.86. The molecular weight excluding hydrogens is 289 g/mol. The largest absolute Gasteiger partial charge is 0.615 e. The van der Waals surface area contributed by atoms with Crippen molar-refractivity contribution in [3.8, 4) is 11.3 Å². The Morgan fingerprint density at radius 2 is 2.10 bits per heavy atom. The van der Waals surface area contributed by atoms with Gasteiger partial charge in [-0.15, -0.1) is 0 Å². The Bertz CT molecular complexity index is 589. The van der Waals surface area contributed by atoms with Crippen molar-refractivity contribution in [2.24, 2.45) is 0 Å². The SMILES string of the molecule is CC[S+]([O-])Cn1ccc(-c2ccc(C(F)F)c(F)c2)n1. The Balaban J connectivity index is 2.22. The van der Waals surface area contributed by atoms with E-state index in [0.717, 1.165) is 12.1 Å². The normalized spacial score (nSPS) is 12.9. The van der Waals surface area contributed by atoms with E-state index in [1.807, 2.05) is 0 Å². The minimum atomic E-state index is -2.84. The van der Waals surface area contributed by atoms with Crippen LogP contribution in [-0.2, 0) is 17.1 Å². The van der Waals surface area contributed by atoms with Crippen LogP contribution >= 0.6 is 0 Å². The smallest absolute Gasteiger partial charge is 0.266 e. The Morgan fingerprint density at radius 1 is 1.35 bits per heavy atom. The summed E-state index contributed by atoms with van der Waals surface area (Å²) in [6.45, 7) is 1.80. The van der Waals surface area contributed by atoms with Gasteiger partial charge in [0.25, 0.3) is 6.43 Å². The quantitative estimate of drug-likeness (QED) is 0.795. The molecule has 1 heterocycles. The number of benzene rings is 1. The lowest BCUT2D eigenvalue weighted by atomic mass is 10.1. The molecule has 0 saturated heterocycles. The van der Waals surface area contributed by atoms with Crippen LogP contribution in [-0.4, -0.2) is 20.1 Å². The topological polar surface area (TPSA) is 40.9 Å². The van der Waals surface area contributed by atoms with Crippen molar-refractivity contribution in [2.75, 3.05) is 5.75 Å². The van der Waals surface area contributed by atoms with Gasteiger partial charge in [0.1, 0.15) is 11.6 Å². The Morgan fingerprint density at radius 3 is 2.70 bits per heavy atom. The van der Waals surface area contributed by atoms with Crippen LogP contribution in [0.4, 0.5) is 13.2 Å². The van der Waals surface area contributed by atoms with Gasteiger partial charge < -0.3 is 4.55 Å². The summed E-state index contributed by atoms with van der Waals surface area (Å²) in [4.78, 5) is 0. The van der Waals surface area contributed by atoms with Crippen LogP contribution < -0.4 is 0 Å². The fourth-order valence-electron chi connectivity index (χ4n) is 1.69. The van der Waals surface area contributed by atoms with E-state index in [0.29, 0.717) is 17.0 Å². The molecular formula is C13H13F3N2OS. The van der Waals surface area contributed by atoms with Crippen LogP contribution in [0.2, 0.25) is 0 Å². The zero-order valence-electron chi connectivity index (χ0n) is 10.7. The van der Waals surface area contributed by atoms with Crippen molar-refractivity contribution < 1.29 is 17.7 Å². The molecule has 1 aromatic carbocycles. The number of rotatable bonds is 5. The van der Waals surface area contributed by atoms with Gasteiger partial charge in [0.05, 0.1) is 11.3 Å². The fraction of sp³-hybridized carbons (Fsp3) is 0.308. The molecule has 0 N–H and O–H groups in total. The first-order chi connectivity index (χ1) is 9.51. The van der Waals surface area contributed by atoms with E-state index in [1.165, 1.54) is 10.7 Å². The van der Waals surface area contributed by atoms with E-state index >= 15 is 0 Å². The summed E-state index contributed by atoms with van der Waals surface area (Å²) < 4.78 is 51.3. The fourth-order valence-corrected chi connectivity index (χ4v) is 2.31. The van der Waals surface area contributed by atoms with Crippen molar-refractivity contribution in [1.29, 1.82) is 0 Å². The number of nitrogens with zero attached hydrogens (tertiary/aromatic N) is 2. The highest BCUT2D eigenvalue weighted by Crippen LogP contribution is 2.26. The molecule has 3 nitrogen and oxygen atoms in total. The number of hydrogen-bond acceptors (Lipinski definition) is 2. The molecule has 0 radical (unpaired) electrons. The van der Waals surface area contributed by atoms with Crippen LogP contribution in [0.25, 0.3) is 11.3 Å². The molecule has 1 unspecified atom stereocenters. The molecule has 1 atom stereocenters. The zero-order chi connectivity index (χ0) is 14.7. The van der Waals surface area contributed by atoms with Crippen molar-refractivity contribution in [3.05, 3.63) is 41.8 Å². The van der Waals surface area contributed by atoms with E-state index in [-0.39, 0.29) is 5.88 Å². The molecule has 0 aliphatic rings. The van der Waals surface area contributed by atoms with Crippen LogP contribution in [0.5, 0.6) is 0 Å². The second-order valence-electron chi connectivity index (χ2n) is 4.14. The van der Waals surface area contributed by atoms with Crippen LogP contribution in [0, 0.1) is 5.82 Å². The third-order valence-electron chi connectivity index (χ3n) is 2.77. The Kier molecular flexibility index (Phi) is 4.72. The molecule has 2 aromatic rings. The molecule has 0 bridgehead atoms. The average molecular weight is 302 g/mol. The number of hydrogen-bond donors (Lipinski definition) is 0. The molecule has 1 aromatic heterocycles. The summed E-state index contributed by atoms with van der Waals surface area (Å²) >= 11 is -1.01. The maximum absolute atomic E-state index is 13.5. The lowest BCUT2D eigenvalue weighted by Gasteiger charge is -2.07. The Hall–Kier alpha value is -1.47. The highest BCUT2D eigenvalue weighted by atomic mass is 32.2. The first-order valence-electron chi connectivity index (χ1n) is 5.97. The van der Waals surface area contributed by atoms with Gasteiger partial charge in [0.2, 0.25) is 0 Å². The van der Waals surface area contributed by atoms with Gasteiger partial charge in [-0.2, -0.15) is 5.10 Å². The molecule has 0 spiro atoms. The van der Waals surface area contributed by atoms with Gasteiger partial charge in [-0.3, -0.25) is 0 Å². The first-order valence-corrected chi connectivity index (χ1v) is 7.46. The van der Waals surface area contributed by atoms with Gasteiger partial charge in [-0.1, -0.05) is 6.07 Å². The maximum Gasteiger partial charge on any atom is 0.266 e.